The normalized spacial score (nSPS) is 12.4. The Labute approximate surface area is 161 Å². The molecule has 3 aromatic carbocycles. The monoisotopic (exact) mass is 355 g/mol. The van der Waals surface area contributed by atoms with E-state index in [1.165, 1.54) is 40.8 Å². The van der Waals surface area contributed by atoms with Crippen molar-refractivity contribution < 1.29 is 4.57 Å². The lowest BCUT2D eigenvalue weighted by atomic mass is 10.1. The second kappa shape index (κ2) is 7.79. The molecule has 0 aliphatic rings. The summed E-state index contributed by atoms with van der Waals surface area (Å²) in [6.45, 7) is 5.60. The molecule has 27 heavy (non-hydrogen) atoms. The van der Waals surface area contributed by atoms with Crippen molar-refractivity contribution in [3.05, 3.63) is 90.5 Å². The number of hydrogen-bond acceptors (Lipinski definition) is 0. The predicted octanol–water partition coefficient (Wildman–Crippen LogP) is 6.01. The summed E-state index contributed by atoms with van der Waals surface area (Å²) in [7, 11) is 0. The largest absolute Gasteiger partial charge is 0.290 e. The van der Waals surface area contributed by atoms with Gasteiger partial charge in [0.1, 0.15) is 6.04 Å². The number of aromatic nitrogens is 2. The summed E-state index contributed by atoms with van der Waals surface area (Å²) in [4.78, 5) is 0. The molecule has 2 heteroatoms. The van der Waals surface area contributed by atoms with Gasteiger partial charge >= 0.3 is 0 Å². The third kappa shape index (κ3) is 3.28. The van der Waals surface area contributed by atoms with Gasteiger partial charge < -0.3 is 0 Å². The van der Waals surface area contributed by atoms with Crippen molar-refractivity contribution in [1.29, 1.82) is 0 Å². The lowest BCUT2D eigenvalue weighted by Crippen LogP contribution is -2.36. The van der Waals surface area contributed by atoms with Crippen LogP contribution in [-0.4, -0.2) is 4.57 Å². The van der Waals surface area contributed by atoms with Gasteiger partial charge in [0.15, 0.2) is 11.0 Å². The number of para-hydroxylation sites is 2. The topological polar surface area (TPSA) is 8.81 Å². The summed E-state index contributed by atoms with van der Waals surface area (Å²) in [6.07, 6.45) is 2.37. The van der Waals surface area contributed by atoms with Crippen molar-refractivity contribution in [1.82, 2.24) is 4.57 Å². The molecule has 0 amide bonds. The van der Waals surface area contributed by atoms with Gasteiger partial charge in [-0.3, -0.25) is 0 Å². The number of hydrogen-bond donors (Lipinski definition) is 0. The standard InChI is InChI=1S/C25H27N2/c1-3-4-19-26-23-17-11-12-18-24(23)27(20(2)21-13-7-5-8-14-21)25(26)22-15-9-6-10-16-22/h5-18,20H,3-4,19H2,1-2H3/q+1/t20-/m0/s1. The zero-order valence-electron chi connectivity index (χ0n) is 16.2. The van der Waals surface area contributed by atoms with Crippen LogP contribution in [0.5, 0.6) is 0 Å². The molecule has 0 bridgehead atoms. The maximum Gasteiger partial charge on any atom is 0.290 e. The molecule has 1 heterocycles. The number of fused-ring (bicyclic) bond motifs is 1. The van der Waals surface area contributed by atoms with Gasteiger partial charge in [0.25, 0.3) is 5.82 Å². The van der Waals surface area contributed by atoms with Crippen LogP contribution in [0.3, 0.4) is 0 Å². The first kappa shape index (κ1) is 17.5. The average Bonchev–Trinajstić information content (AvgIpc) is 3.07. The molecular weight excluding hydrogens is 328 g/mol. The minimum atomic E-state index is 0.259. The maximum atomic E-state index is 2.51. The Morgan fingerprint density at radius 3 is 2.15 bits per heavy atom. The fourth-order valence-electron chi connectivity index (χ4n) is 3.95. The highest BCUT2D eigenvalue weighted by Gasteiger charge is 2.29. The highest BCUT2D eigenvalue weighted by molar-refractivity contribution is 5.76. The van der Waals surface area contributed by atoms with Crippen LogP contribution in [0.2, 0.25) is 0 Å². The zero-order valence-corrected chi connectivity index (χ0v) is 16.2. The van der Waals surface area contributed by atoms with Gasteiger partial charge in [0.2, 0.25) is 0 Å². The van der Waals surface area contributed by atoms with Crippen molar-refractivity contribution in [2.75, 3.05) is 0 Å². The minimum absolute atomic E-state index is 0.259. The summed E-state index contributed by atoms with van der Waals surface area (Å²) in [5.41, 5.74) is 5.21. The summed E-state index contributed by atoms with van der Waals surface area (Å²) in [5, 5.41) is 0. The summed E-state index contributed by atoms with van der Waals surface area (Å²) >= 11 is 0. The SMILES string of the molecule is CCCC[n+]1c(-c2ccccc2)n([C@@H](C)c2ccccc2)c2ccccc21. The van der Waals surface area contributed by atoms with Crippen LogP contribution in [-0.2, 0) is 6.54 Å². The third-order valence-corrected chi connectivity index (χ3v) is 5.35. The smallest absolute Gasteiger partial charge is 0.223 e. The molecule has 0 spiro atoms. The molecule has 136 valence electrons. The molecule has 0 N–H and O–H groups in total. The Morgan fingerprint density at radius 2 is 1.44 bits per heavy atom. The predicted molar refractivity (Wildman–Crippen MR) is 113 cm³/mol. The molecule has 0 fully saturated rings. The van der Waals surface area contributed by atoms with Gasteiger partial charge in [-0.25, -0.2) is 9.13 Å². The summed E-state index contributed by atoms with van der Waals surface area (Å²) in [6, 6.07) is 30.7. The molecule has 0 aliphatic heterocycles. The highest BCUT2D eigenvalue weighted by atomic mass is 15.2. The van der Waals surface area contributed by atoms with E-state index in [1.54, 1.807) is 0 Å². The maximum absolute atomic E-state index is 2.51. The Bertz CT molecular complexity index is 1020. The van der Waals surface area contributed by atoms with E-state index >= 15 is 0 Å². The van der Waals surface area contributed by atoms with Crippen molar-refractivity contribution >= 4 is 11.0 Å². The second-order valence-corrected chi connectivity index (χ2v) is 7.14. The van der Waals surface area contributed by atoms with Gasteiger partial charge in [0, 0.05) is 0 Å². The summed E-state index contributed by atoms with van der Waals surface area (Å²) < 4.78 is 5.02. The first-order valence-corrected chi connectivity index (χ1v) is 9.94. The van der Waals surface area contributed by atoms with Gasteiger partial charge in [-0.1, -0.05) is 74.0 Å². The number of aryl methyl sites for hydroxylation is 1. The molecule has 0 aliphatic carbocycles. The lowest BCUT2D eigenvalue weighted by Gasteiger charge is -2.13. The number of nitrogens with zero attached hydrogens (tertiary/aromatic N) is 2. The number of benzene rings is 3. The third-order valence-electron chi connectivity index (χ3n) is 5.35. The Balaban J connectivity index is 2.01. The van der Waals surface area contributed by atoms with Crippen LogP contribution in [0.15, 0.2) is 84.9 Å². The van der Waals surface area contributed by atoms with Crippen molar-refractivity contribution in [3.63, 3.8) is 0 Å². The van der Waals surface area contributed by atoms with E-state index in [-0.39, 0.29) is 6.04 Å². The van der Waals surface area contributed by atoms with Crippen LogP contribution in [0, 0.1) is 0 Å². The minimum Gasteiger partial charge on any atom is -0.223 e. The molecule has 0 unspecified atom stereocenters. The first-order valence-electron chi connectivity index (χ1n) is 9.94. The second-order valence-electron chi connectivity index (χ2n) is 7.14. The Kier molecular flexibility index (Phi) is 5.06. The Morgan fingerprint density at radius 1 is 0.815 bits per heavy atom. The fraction of sp³-hybridized carbons (Fsp3) is 0.240. The van der Waals surface area contributed by atoms with Crippen LogP contribution in [0.1, 0.15) is 38.3 Å². The van der Waals surface area contributed by atoms with Crippen LogP contribution >= 0.6 is 0 Å². The van der Waals surface area contributed by atoms with Gasteiger partial charge in [-0.15, -0.1) is 0 Å². The van der Waals surface area contributed by atoms with Gasteiger partial charge in [-0.05, 0) is 43.2 Å². The molecule has 4 aromatic rings. The molecule has 1 aromatic heterocycles. The van der Waals surface area contributed by atoms with Crippen LogP contribution < -0.4 is 4.57 Å². The van der Waals surface area contributed by atoms with Crippen molar-refractivity contribution in [3.8, 4) is 11.4 Å². The molecular formula is C25H27N2+. The van der Waals surface area contributed by atoms with Crippen LogP contribution in [0.25, 0.3) is 22.4 Å². The Hall–Kier alpha value is -2.87. The lowest BCUT2D eigenvalue weighted by molar-refractivity contribution is -0.661. The molecule has 1 atom stereocenters. The first-order chi connectivity index (χ1) is 13.3. The zero-order chi connectivity index (χ0) is 18.6. The molecule has 2 nitrogen and oxygen atoms in total. The molecule has 0 saturated heterocycles. The highest BCUT2D eigenvalue weighted by Crippen LogP contribution is 2.30. The van der Waals surface area contributed by atoms with E-state index in [4.69, 9.17) is 0 Å². The van der Waals surface area contributed by atoms with Gasteiger partial charge in [0.05, 0.1) is 12.1 Å². The van der Waals surface area contributed by atoms with E-state index in [0.717, 1.165) is 6.54 Å². The number of rotatable bonds is 6. The van der Waals surface area contributed by atoms with Crippen LogP contribution in [0.4, 0.5) is 0 Å². The van der Waals surface area contributed by atoms with E-state index in [9.17, 15) is 0 Å². The average molecular weight is 356 g/mol. The van der Waals surface area contributed by atoms with E-state index in [0.29, 0.717) is 0 Å². The fourth-order valence-corrected chi connectivity index (χ4v) is 3.95. The molecule has 0 radical (unpaired) electrons. The molecule has 4 rings (SSSR count). The van der Waals surface area contributed by atoms with Crippen molar-refractivity contribution in [2.45, 2.75) is 39.3 Å². The van der Waals surface area contributed by atoms with E-state index < -0.39 is 0 Å². The van der Waals surface area contributed by atoms with E-state index in [1.807, 2.05) is 0 Å². The molecule has 0 saturated carbocycles. The number of unbranched alkanes of at least 4 members (excludes halogenated alkanes) is 1. The van der Waals surface area contributed by atoms with Crippen molar-refractivity contribution in [2.24, 2.45) is 0 Å². The quantitative estimate of drug-likeness (QED) is 0.375. The summed E-state index contributed by atoms with van der Waals surface area (Å²) in [5.74, 6) is 1.29. The van der Waals surface area contributed by atoms with Gasteiger partial charge in [-0.2, -0.15) is 0 Å². The number of imidazole rings is 1. The van der Waals surface area contributed by atoms with E-state index in [2.05, 4.69) is 108 Å².